The van der Waals surface area contributed by atoms with Gasteiger partial charge in [0.25, 0.3) is 0 Å². The second kappa shape index (κ2) is 3.96. The number of hydrogen-bond acceptors (Lipinski definition) is 4. The predicted molar refractivity (Wildman–Crippen MR) is 80.4 cm³/mol. The average Bonchev–Trinajstić information content (AvgIpc) is 2.80. The van der Waals surface area contributed by atoms with Gasteiger partial charge in [-0.2, -0.15) is 0 Å². The summed E-state index contributed by atoms with van der Waals surface area (Å²) >= 11 is 0. The molecule has 3 N–H and O–H groups in total. The Hall–Kier alpha value is -1.65. The van der Waals surface area contributed by atoms with Gasteiger partial charge in [0.2, 0.25) is 0 Å². The molecule has 4 saturated carbocycles. The van der Waals surface area contributed by atoms with Gasteiger partial charge in [-0.1, -0.05) is 0 Å². The molecule has 0 aromatic carbocycles. The zero-order valence-corrected chi connectivity index (χ0v) is 12.2. The van der Waals surface area contributed by atoms with E-state index in [2.05, 4.69) is 19.9 Å². The van der Waals surface area contributed by atoms with E-state index in [1.807, 2.05) is 0 Å². The molecule has 6 rings (SSSR count). The van der Waals surface area contributed by atoms with Crippen molar-refractivity contribution in [3.63, 3.8) is 0 Å². The van der Waals surface area contributed by atoms with Gasteiger partial charge in [0.15, 0.2) is 11.5 Å². The number of aromatic amines is 1. The number of imidazole rings is 1. The predicted octanol–water partition coefficient (Wildman–Crippen LogP) is 2.69. The van der Waals surface area contributed by atoms with Gasteiger partial charge in [0.05, 0.1) is 0 Å². The number of H-pyrrole nitrogens is 1. The van der Waals surface area contributed by atoms with Crippen molar-refractivity contribution < 1.29 is 0 Å². The number of nitrogens with one attached hydrogen (secondary N) is 1. The van der Waals surface area contributed by atoms with Crippen LogP contribution < -0.4 is 5.73 Å². The third-order valence-electron chi connectivity index (χ3n) is 6.07. The highest BCUT2D eigenvalue weighted by atomic mass is 15.0. The van der Waals surface area contributed by atoms with Crippen LogP contribution >= 0.6 is 0 Å². The molecule has 0 unspecified atom stereocenters. The fourth-order valence-corrected chi connectivity index (χ4v) is 5.84. The largest absolute Gasteiger partial charge is 0.382 e. The summed E-state index contributed by atoms with van der Waals surface area (Å²) in [6.07, 6.45) is 11.2. The van der Waals surface area contributed by atoms with Crippen molar-refractivity contribution >= 4 is 17.0 Å². The first kappa shape index (κ1) is 12.0. The third kappa shape index (κ3) is 1.79. The molecule has 0 amide bonds. The zero-order valence-electron chi connectivity index (χ0n) is 12.2. The minimum absolute atomic E-state index is 0.491. The Labute approximate surface area is 123 Å². The van der Waals surface area contributed by atoms with Crippen LogP contribution in [0.2, 0.25) is 0 Å². The van der Waals surface area contributed by atoms with Crippen molar-refractivity contribution in [2.45, 2.75) is 44.9 Å². The van der Waals surface area contributed by atoms with E-state index in [1.165, 1.54) is 44.9 Å². The first-order valence-corrected chi connectivity index (χ1v) is 8.14. The first-order chi connectivity index (χ1) is 10.2. The first-order valence-electron chi connectivity index (χ1n) is 8.14. The van der Waals surface area contributed by atoms with Gasteiger partial charge >= 0.3 is 0 Å². The summed E-state index contributed by atoms with van der Waals surface area (Å²) in [4.78, 5) is 16.3. The number of hydrogen-bond donors (Lipinski definition) is 2. The number of nitrogens with zero attached hydrogens (tertiary/aromatic N) is 3. The van der Waals surface area contributed by atoms with Gasteiger partial charge in [-0.05, 0) is 61.7 Å². The third-order valence-corrected chi connectivity index (χ3v) is 6.07. The fraction of sp³-hybridized carbons (Fsp3) is 0.688. The van der Waals surface area contributed by atoms with Crippen molar-refractivity contribution in [3.8, 4) is 0 Å². The van der Waals surface area contributed by atoms with Gasteiger partial charge in [0, 0.05) is 6.42 Å². The summed E-state index contributed by atoms with van der Waals surface area (Å²) in [5, 5.41) is 0. The Morgan fingerprint density at radius 2 is 1.76 bits per heavy atom. The molecule has 2 aromatic heterocycles. The molecule has 4 aliphatic rings. The van der Waals surface area contributed by atoms with Crippen molar-refractivity contribution in [1.82, 2.24) is 19.9 Å². The van der Waals surface area contributed by atoms with Crippen LogP contribution in [-0.4, -0.2) is 19.9 Å². The van der Waals surface area contributed by atoms with Crippen LogP contribution in [-0.2, 0) is 6.42 Å². The van der Waals surface area contributed by atoms with Gasteiger partial charge in [-0.3, -0.25) is 0 Å². The maximum absolute atomic E-state index is 5.91. The maximum Gasteiger partial charge on any atom is 0.183 e. The quantitative estimate of drug-likeness (QED) is 0.888. The summed E-state index contributed by atoms with van der Waals surface area (Å²) in [6, 6.07) is 0. The average molecular weight is 283 g/mol. The lowest BCUT2D eigenvalue weighted by Crippen LogP contribution is -2.47. The molecule has 0 saturated heterocycles. The summed E-state index contributed by atoms with van der Waals surface area (Å²) < 4.78 is 0. The Bertz CT molecular complexity index is 668. The molecule has 4 fully saturated rings. The van der Waals surface area contributed by atoms with Crippen LogP contribution in [0.15, 0.2) is 6.33 Å². The number of rotatable bonds is 2. The molecule has 0 aliphatic heterocycles. The number of fused-ring (bicyclic) bond motifs is 1. The van der Waals surface area contributed by atoms with Crippen molar-refractivity contribution in [2.75, 3.05) is 5.73 Å². The zero-order chi connectivity index (χ0) is 14.0. The Kier molecular flexibility index (Phi) is 2.25. The minimum atomic E-state index is 0.491. The summed E-state index contributed by atoms with van der Waals surface area (Å²) in [7, 11) is 0. The molecule has 4 aliphatic carbocycles. The summed E-state index contributed by atoms with van der Waals surface area (Å²) in [5.74, 6) is 4.49. The van der Waals surface area contributed by atoms with E-state index in [9.17, 15) is 0 Å². The van der Waals surface area contributed by atoms with Crippen molar-refractivity contribution in [2.24, 2.45) is 23.2 Å². The molecule has 2 heterocycles. The van der Waals surface area contributed by atoms with Crippen LogP contribution in [0, 0.1) is 23.2 Å². The maximum atomic E-state index is 5.91. The number of anilines is 1. The van der Waals surface area contributed by atoms with E-state index in [0.717, 1.165) is 35.5 Å². The lowest BCUT2D eigenvalue weighted by Gasteiger charge is -2.56. The number of aromatic nitrogens is 4. The second-order valence-electron chi connectivity index (χ2n) is 7.74. The monoisotopic (exact) mass is 283 g/mol. The second-order valence-corrected chi connectivity index (χ2v) is 7.74. The lowest BCUT2D eigenvalue weighted by atomic mass is 9.49. The van der Waals surface area contributed by atoms with Gasteiger partial charge in [-0.25, -0.2) is 15.0 Å². The van der Waals surface area contributed by atoms with E-state index >= 15 is 0 Å². The molecule has 0 atom stereocenters. The standard InChI is InChI=1S/C16H21N5/c17-14-13-15(19-8-18-14)21-12(20-13)7-16-4-9-1-10(5-16)3-11(2-9)6-16/h8-11H,1-7H2,(H3,17,18,19,20,21). The Morgan fingerprint density at radius 1 is 1.10 bits per heavy atom. The smallest absolute Gasteiger partial charge is 0.183 e. The Balaban J connectivity index is 1.49. The Morgan fingerprint density at radius 3 is 2.38 bits per heavy atom. The van der Waals surface area contributed by atoms with E-state index in [4.69, 9.17) is 5.73 Å². The van der Waals surface area contributed by atoms with Gasteiger partial charge in [0.1, 0.15) is 17.7 Å². The molecular weight excluding hydrogens is 262 g/mol. The highest BCUT2D eigenvalue weighted by Gasteiger charge is 2.50. The van der Waals surface area contributed by atoms with Crippen LogP contribution in [0.1, 0.15) is 44.3 Å². The number of nitrogens with two attached hydrogens (primary N) is 1. The SMILES string of the molecule is Nc1ncnc2nc(CC34CC5CC(CC(C5)C3)C4)[nH]c12. The molecular formula is C16H21N5. The normalized spacial score (nSPS) is 37.4. The van der Waals surface area contributed by atoms with E-state index in [1.54, 1.807) is 0 Å². The fourth-order valence-electron chi connectivity index (χ4n) is 5.84. The van der Waals surface area contributed by atoms with Crippen molar-refractivity contribution in [3.05, 3.63) is 12.2 Å². The van der Waals surface area contributed by atoms with Crippen LogP contribution in [0.3, 0.4) is 0 Å². The summed E-state index contributed by atoms with van der Waals surface area (Å²) in [6.45, 7) is 0. The molecule has 2 aromatic rings. The highest BCUT2D eigenvalue weighted by Crippen LogP contribution is 2.60. The van der Waals surface area contributed by atoms with E-state index in [0.29, 0.717) is 16.9 Å². The van der Waals surface area contributed by atoms with Crippen molar-refractivity contribution in [1.29, 1.82) is 0 Å². The van der Waals surface area contributed by atoms with E-state index < -0.39 is 0 Å². The summed E-state index contributed by atoms with van der Waals surface area (Å²) in [5.41, 5.74) is 7.91. The molecule has 0 radical (unpaired) electrons. The van der Waals surface area contributed by atoms with Gasteiger partial charge in [-0.15, -0.1) is 0 Å². The van der Waals surface area contributed by atoms with Crippen LogP contribution in [0.4, 0.5) is 5.82 Å². The minimum Gasteiger partial charge on any atom is -0.382 e. The van der Waals surface area contributed by atoms with Crippen LogP contribution in [0.5, 0.6) is 0 Å². The molecule has 5 heteroatoms. The molecule has 110 valence electrons. The topological polar surface area (TPSA) is 80.5 Å². The van der Waals surface area contributed by atoms with Crippen LogP contribution in [0.25, 0.3) is 11.2 Å². The lowest BCUT2D eigenvalue weighted by molar-refractivity contribution is -0.0530. The number of nitrogen functional groups attached to an aromatic ring is 1. The molecule has 21 heavy (non-hydrogen) atoms. The molecule has 0 spiro atoms. The molecule has 4 bridgehead atoms. The van der Waals surface area contributed by atoms with E-state index in [-0.39, 0.29) is 0 Å². The molecule has 5 nitrogen and oxygen atoms in total. The highest BCUT2D eigenvalue weighted by molar-refractivity contribution is 5.80. The van der Waals surface area contributed by atoms with Gasteiger partial charge < -0.3 is 10.7 Å².